The Hall–Kier alpha value is -2.46. The van der Waals surface area contributed by atoms with Crippen LogP contribution < -0.4 is 0 Å². The van der Waals surface area contributed by atoms with Gasteiger partial charge in [-0.1, -0.05) is 99.2 Å². The second-order valence-electron chi connectivity index (χ2n) is 11.2. The lowest BCUT2D eigenvalue weighted by molar-refractivity contribution is -0.152. The lowest BCUT2D eigenvalue weighted by Crippen LogP contribution is -2.19. The van der Waals surface area contributed by atoms with Crippen LogP contribution in [0.2, 0.25) is 0 Å². The van der Waals surface area contributed by atoms with Crippen molar-refractivity contribution < 1.29 is 19.4 Å². The number of hydrogen-bond acceptors (Lipinski definition) is 4. The maximum absolute atomic E-state index is 12.8. The predicted molar refractivity (Wildman–Crippen MR) is 143 cm³/mol. The monoisotopic (exact) mass is 490 g/mol. The van der Waals surface area contributed by atoms with Crippen molar-refractivity contribution in [3.8, 4) is 0 Å². The van der Waals surface area contributed by atoms with Gasteiger partial charge in [0.1, 0.15) is 6.61 Å². The summed E-state index contributed by atoms with van der Waals surface area (Å²) < 4.78 is 5.58. The van der Waals surface area contributed by atoms with E-state index in [1.807, 2.05) is 60.7 Å². The summed E-state index contributed by atoms with van der Waals surface area (Å²) in [4.78, 5) is 25.3. The Morgan fingerprint density at radius 3 is 1.81 bits per heavy atom. The summed E-state index contributed by atoms with van der Waals surface area (Å²) in [6.45, 7) is 0.359. The van der Waals surface area contributed by atoms with Crippen molar-refractivity contribution in [3.05, 3.63) is 71.8 Å². The van der Waals surface area contributed by atoms with E-state index in [1.54, 1.807) is 0 Å². The molecule has 0 spiro atoms. The highest BCUT2D eigenvalue weighted by molar-refractivity contribution is 6.02. The molecule has 0 radical (unpaired) electrons. The molecule has 0 heterocycles. The number of Topliss-reactive ketones (excluding diaryl/α,β-unsaturated/α-hetero) is 1. The van der Waals surface area contributed by atoms with Gasteiger partial charge in [-0.3, -0.25) is 9.59 Å². The Morgan fingerprint density at radius 2 is 1.25 bits per heavy atom. The van der Waals surface area contributed by atoms with E-state index in [4.69, 9.17) is 4.74 Å². The lowest BCUT2D eigenvalue weighted by atomic mass is 9.89. The highest BCUT2D eigenvalue weighted by atomic mass is 16.5. The molecule has 0 saturated heterocycles. The summed E-state index contributed by atoms with van der Waals surface area (Å²) in [6.07, 6.45) is 13.5. The number of carbonyl (C=O) groups excluding carboxylic acids is 2. The van der Waals surface area contributed by atoms with E-state index in [1.165, 1.54) is 0 Å². The molecule has 4 heteroatoms. The number of rotatable bonds is 17. The van der Waals surface area contributed by atoms with Gasteiger partial charge in [0.15, 0.2) is 5.78 Å². The first-order valence-corrected chi connectivity index (χ1v) is 14.0. The molecule has 1 N–H and O–H groups in total. The largest absolute Gasteiger partial charge is 0.460 e. The minimum atomic E-state index is -0.242. The van der Waals surface area contributed by atoms with Gasteiger partial charge in [0.2, 0.25) is 0 Å². The van der Waals surface area contributed by atoms with Gasteiger partial charge in [-0.15, -0.1) is 0 Å². The van der Waals surface area contributed by atoms with Crippen molar-refractivity contribution in [2.24, 2.45) is 10.8 Å². The van der Waals surface area contributed by atoms with Crippen LogP contribution in [0.5, 0.6) is 0 Å². The van der Waals surface area contributed by atoms with Crippen LogP contribution in [0, 0.1) is 10.8 Å². The second-order valence-corrected chi connectivity index (χ2v) is 11.2. The van der Waals surface area contributed by atoms with Gasteiger partial charge in [-0.25, -0.2) is 0 Å². The Kier molecular flexibility index (Phi) is 9.36. The SMILES string of the molecule is O=C(OCc1ccccc1)C1(CCCCCC(O)CCCCCC2(C(=O)c3ccccc3)CC2)CC1. The number of ether oxygens (including phenoxy) is 1. The van der Waals surface area contributed by atoms with Crippen LogP contribution in [0.3, 0.4) is 0 Å². The zero-order chi connectivity index (χ0) is 25.3. The molecule has 194 valence electrons. The summed E-state index contributed by atoms with van der Waals surface area (Å²) in [6, 6.07) is 19.5. The molecule has 1 unspecified atom stereocenters. The van der Waals surface area contributed by atoms with Crippen LogP contribution in [0.4, 0.5) is 0 Å². The van der Waals surface area contributed by atoms with Gasteiger partial charge in [0.05, 0.1) is 11.5 Å². The topological polar surface area (TPSA) is 63.6 Å². The summed E-state index contributed by atoms with van der Waals surface area (Å²) in [7, 11) is 0. The highest BCUT2D eigenvalue weighted by Crippen LogP contribution is 2.52. The first-order chi connectivity index (χ1) is 17.5. The van der Waals surface area contributed by atoms with Gasteiger partial charge in [0.25, 0.3) is 0 Å². The van der Waals surface area contributed by atoms with Gasteiger partial charge >= 0.3 is 5.97 Å². The lowest BCUT2D eigenvalue weighted by Gasteiger charge is -2.15. The molecule has 2 aromatic carbocycles. The fraction of sp³-hybridized carbons (Fsp3) is 0.562. The van der Waals surface area contributed by atoms with Crippen molar-refractivity contribution in [3.63, 3.8) is 0 Å². The molecular formula is C32H42O4. The average Bonchev–Trinajstić information content (AvgIpc) is 3.84. The quantitative estimate of drug-likeness (QED) is 0.142. The number of unbranched alkanes of at least 4 members (excludes halogenated alkanes) is 4. The molecule has 2 aliphatic rings. The number of aliphatic hydroxyl groups excluding tert-OH is 1. The predicted octanol–water partition coefficient (Wildman–Crippen LogP) is 7.44. The molecule has 4 nitrogen and oxygen atoms in total. The summed E-state index contributed by atoms with van der Waals surface area (Å²) in [5.74, 6) is 0.283. The Morgan fingerprint density at radius 1 is 0.722 bits per heavy atom. The first kappa shape index (κ1) is 26.6. The van der Waals surface area contributed by atoms with Gasteiger partial charge in [0, 0.05) is 11.0 Å². The third-order valence-electron chi connectivity index (χ3n) is 8.26. The molecule has 4 rings (SSSR count). The maximum atomic E-state index is 12.8. The zero-order valence-corrected chi connectivity index (χ0v) is 21.6. The summed E-state index contributed by atoms with van der Waals surface area (Å²) in [5, 5.41) is 10.4. The van der Waals surface area contributed by atoms with Crippen molar-refractivity contribution in [1.82, 2.24) is 0 Å². The van der Waals surface area contributed by atoms with Gasteiger partial charge in [-0.2, -0.15) is 0 Å². The number of benzene rings is 2. The third-order valence-corrected chi connectivity index (χ3v) is 8.26. The Balaban J connectivity index is 1.02. The number of carbonyl (C=O) groups is 2. The molecule has 2 aromatic rings. The van der Waals surface area contributed by atoms with E-state index >= 15 is 0 Å². The normalized spacial score (nSPS) is 17.8. The molecular weight excluding hydrogens is 448 g/mol. The molecule has 0 amide bonds. The zero-order valence-electron chi connectivity index (χ0n) is 21.6. The van der Waals surface area contributed by atoms with Gasteiger partial charge < -0.3 is 9.84 Å². The molecule has 36 heavy (non-hydrogen) atoms. The maximum Gasteiger partial charge on any atom is 0.312 e. The Bertz CT molecular complexity index is 960. The van der Waals surface area contributed by atoms with Crippen LogP contribution in [0.1, 0.15) is 106 Å². The molecule has 2 fully saturated rings. The smallest absolute Gasteiger partial charge is 0.312 e. The van der Waals surface area contributed by atoms with Crippen LogP contribution in [-0.2, 0) is 16.1 Å². The van der Waals surface area contributed by atoms with E-state index in [9.17, 15) is 14.7 Å². The molecule has 2 saturated carbocycles. The van der Waals surface area contributed by atoms with Crippen molar-refractivity contribution >= 4 is 11.8 Å². The van der Waals surface area contributed by atoms with Crippen molar-refractivity contribution in [2.75, 3.05) is 0 Å². The van der Waals surface area contributed by atoms with E-state index in [-0.39, 0.29) is 22.9 Å². The first-order valence-electron chi connectivity index (χ1n) is 14.0. The average molecular weight is 491 g/mol. The van der Waals surface area contributed by atoms with E-state index < -0.39 is 0 Å². The third kappa shape index (κ3) is 7.52. The van der Waals surface area contributed by atoms with Crippen molar-refractivity contribution in [2.45, 2.75) is 103 Å². The fourth-order valence-electron chi connectivity index (χ4n) is 5.41. The molecule has 0 bridgehead atoms. The highest BCUT2D eigenvalue weighted by Gasteiger charge is 2.50. The molecule has 2 aliphatic carbocycles. The van der Waals surface area contributed by atoms with E-state index in [0.717, 1.165) is 101 Å². The van der Waals surface area contributed by atoms with E-state index in [0.29, 0.717) is 12.4 Å². The van der Waals surface area contributed by atoms with Crippen LogP contribution in [-0.4, -0.2) is 23.0 Å². The number of ketones is 1. The number of hydrogen-bond donors (Lipinski definition) is 1. The van der Waals surface area contributed by atoms with Crippen LogP contribution >= 0.6 is 0 Å². The molecule has 0 aliphatic heterocycles. The van der Waals surface area contributed by atoms with Crippen LogP contribution in [0.25, 0.3) is 0 Å². The number of aliphatic hydroxyl groups is 1. The summed E-state index contributed by atoms with van der Waals surface area (Å²) in [5.41, 5.74) is 1.53. The molecule has 0 aromatic heterocycles. The van der Waals surface area contributed by atoms with E-state index in [2.05, 4.69) is 0 Å². The standard InChI is InChI=1S/C32H42O4/c33-28(17-9-3-11-19-31(21-22-31)29(34)27-15-7-2-8-16-27)18-10-4-12-20-32(23-24-32)30(35)36-25-26-13-5-1-6-14-26/h1-2,5-8,13-16,28,33H,3-4,9-12,17-25H2. The number of esters is 1. The fourth-order valence-corrected chi connectivity index (χ4v) is 5.41. The second kappa shape index (κ2) is 12.7. The van der Waals surface area contributed by atoms with Crippen molar-refractivity contribution in [1.29, 1.82) is 0 Å². The van der Waals surface area contributed by atoms with Gasteiger partial charge in [-0.05, 0) is 56.9 Å². The van der Waals surface area contributed by atoms with Crippen LogP contribution in [0.15, 0.2) is 60.7 Å². The minimum absolute atomic E-state index is 0.0372. The minimum Gasteiger partial charge on any atom is -0.460 e. The Labute approximate surface area is 216 Å². The molecule has 1 atom stereocenters. The summed E-state index contributed by atoms with van der Waals surface area (Å²) >= 11 is 0.